The number of ether oxygens (including phenoxy) is 1. The third kappa shape index (κ3) is 5.38. The third-order valence-electron chi connectivity index (χ3n) is 3.46. The van der Waals surface area contributed by atoms with E-state index in [1.54, 1.807) is 13.8 Å². The predicted octanol–water partition coefficient (Wildman–Crippen LogP) is 3.83. The fourth-order valence-corrected chi connectivity index (χ4v) is 2.40. The molecule has 0 amide bonds. The molecule has 1 N–H and O–H groups in total. The van der Waals surface area contributed by atoms with Crippen LogP contribution in [0.15, 0.2) is 23.8 Å². The molecule has 26 heavy (non-hydrogen) atoms. The van der Waals surface area contributed by atoms with Crippen LogP contribution >= 0.6 is 0 Å². The van der Waals surface area contributed by atoms with Crippen molar-refractivity contribution >= 4 is 22.2 Å². The second-order valence-electron chi connectivity index (χ2n) is 5.34. The summed E-state index contributed by atoms with van der Waals surface area (Å²) in [6, 6.07) is 3.45. The predicted molar refractivity (Wildman–Crippen MR) is 88.3 cm³/mol. The van der Waals surface area contributed by atoms with Crippen molar-refractivity contribution in [2.75, 3.05) is 6.61 Å². The summed E-state index contributed by atoms with van der Waals surface area (Å²) in [4.78, 5) is 11.4. The molecule has 0 aliphatic rings. The van der Waals surface area contributed by atoms with Gasteiger partial charge in [0.05, 0.1) is 6.61 Å². The van der Waals surface area contributed by atoms with E-state index in [-0.39, 0.29) is 23.8 Å². The maximum absolute atomic E-state index is 12.5. The van der Waals surface area contributed by atoms with Crippen molar-refractivity contribution in [2.45, 2.75) is 32.7 Å². The van der Waals surface area contributed by atoms with Crippen LogP contribution in [0.1, 0.15) is 32.8 Å². The number of carboxylic acid groups (broad SMARTS) is 1. The molecule has 146 valence electrons. The molecule has 0 aliphatic heterocycles. The second kappa shape index (κ2) is 8.43. The first-order chi connectivity index (χ1) is 11.9. The summed E-state index contributed by atoms with van der Waals surface area (Å²) in [5.74, 6) is -2.27. The molecular weight excluding hydrogens is 377 g/mol. The van der Waals surface area contributed by atoms with Crippen molar-refractivity contribution in [2.24, 2.45) is 5.92 Å². The lowest BCUT2D eigenvalue weighted by Gasteiger charge is -2.14. The number of rotatable bonds is 8. The molecular formula is C16H19F3O6S. The third-order valence-corrected chi connectivity index (χ3v) is 4.43. The Balaban J connectivity index is 3.34. The number of carboxylic acids is 1. The van der Waals surface area contributed by atoms with Gasteiger partial charge in [0.1, 0.15) is 0 Å². The minimum absolute atomic E-state index is 0.0345. The number of carbonyl (C=O) groups is 1. The summed E-state index contributed by atoms with van der Waals surface area (Å²) in [5, 5.41) is 9.28. The topological polar surface area (TPSA) is 89.9 Å². The highest BCUT2D eigenvalue weighted by Gasteiger charge is 2.48. The highest BCUT2D eigenvalue weighted by atomic mass is 32.2. The summed E-state index contributed by atoms with van der Waals surface area (Å²) in [6.07, 6.45) is 1.92. The van der Waals surface area contributed by atoms with E-state index in [9.17, 15) is 31.5 Å². The molecule has 0 heterocycles. The van der Waals surface area contributed by atoms with Crippen molar-refractivity contribution < 1.29 is 40.4 Å². The van der Waals surface area contributed by atoms with Gasteiger partial charge in [0.2, 0.25) is 0 Å². The van der Waals surface area contributed by atoms with Gasteiger partial charge in [0, 0.05) is 5.57 Å². The second-order valence-corrected chi connectivity index (χ2v) is 6.87. The van der Waals surface area contributed by atoms with Crippen LogP contribution in [0.25, 0.3) is 6.08 Å². The van der Waals surface area contributed by atoms with E-state index in [2.05, 4.69) is 4.18 Å². The number of benzene rings is 1. The maximum Gasteiger partial charge on any atom is 0.534 e. The van der Waals surface area contributed by atoms with E-state index >= 15 is 0 Å². The summed E-state index contributed by atoms with van der Waals surface area (Å²) in [7, 11) is -5.85. The molecule has 1 atom stereocenters. The molecule has 0 bridgehead atoms. The highest BCUT2D eigenvalue weighted by Crippen LogP contribution is 2.34. The van der Waals surface area contributed by atoms with Crippen LogP contribution in [0.4, 0.5) is 13.2 Å². The van der Waals surface area contributed by atoms with E-state index in [1.807, 2.05) is 6.92 Å². The zero-order valence-corrected chi connectivity index (χ0v) is 15.1. The summed E-state index contributed by atoms with van der Waals surface area (Å²) in [5.41, 5.74) is -5.16. The highest BCUT2D eigenvalue weighted by molar-refractivity contribution is 7.88. The Kier molecular flexibility index (Phi) is 7.08. The number of halogens is 3. The SMILES string of the molecule is CCOc1cc(C=C(C(=O)O)C(C)CC)ccc1OS(=O)(=O)C(F)(F)F. The van der Waals surface area contributed by atoms with E-state index in [0.717, 1.165) is 6.07 Å². The largest absolute Gasteiger partial charge is 0.534 e. The number of hydrogen-bond donors (Lipinski definition) is 1. The first-order valence-corrected chi connectivity index (χ1v) is 9.06. The van der Waals surface area contributed by atoms with Gasteiger partial charge in [-0.3, -0.25) is 0 Å². The zero-order chi connectivity index (χ0) is 20.1. The molecule has 0 saturated heterocycles. The van der Waals surface area contributed by atoms with Crippen molar-refractivity contribution in [3.8, 4) is 11.5 Å². The minimum Gasteiger partial charge on any atom is -0.490 e. The van der Waals surface area contributed by atoms with Crippen molar-refractivity contribution in [3.05, 3.63) is 29.3 Å². The smallest absolute Gasteiger partial charge is 0.490 e. The Labute approximate surface area is 149 Å². The van der Waals surface area contributed by atoms with Crippen LogP contribution in [0.5, 0.6) is 11.5 Å². The Bertz CT molecular complexity index is 784. The standard InChI is InChI=1S/C16H19F3O6S/c1-4-10(3)12(15(20)21)8-11-6-7-13(14(9-11)24-5-2)25-26(22,23)16(17,18)19/h6-10H,4-5H2,1-3H3,(H,20,21). The van der Waals surface area contributed by atoms with Gasteiger partial charge in [-0.05, 0) is 43.0 Å². The van der Waals surface area contributed by atoms with Crippen LogP contribution in [0, 0.1) is 5.92 Å². The van der Waals surface area contributed by atoms with Gasteiger partial charge in [-0.2, -0.15) is 21.6 Å². The van der Waals surface area contributed by atoms with Gasteiger partial charge >= 0.3 is 21.6 Å². The Hall–Kier alpha value is -2.23. The lowest BCUT2D eigenvalue weighted by atomic mass is 9.96. The maximum atomic E-state index is 12.5. The average Bonchev–Trinajstić information content (AvgIpc) is 2.52. The molecule has 0 saturated carbocycles. The van der Waals surface area contributed by atoms with Gasteiger partial charge in [-0.1, -0.05) is 19.9 Å². The number of aliphatic carboxylic acids is 1. The van der Waals surface area contributed by atoms with Crippen molar-refractivity contribution in [1.29, 1.82) is 0 Å². The van der Waals surface area contributed by atoms with E-state index in [0.29, 0.717) is 12.0 Å². The lowest BCUT2D eigenvalue weighted by Crippen LogP contribution is -2.28. The first kappa shape index (κ1) is 21.8. The fourth-order valence-electron chi connectivity index (χ4n) is 1.93. The van der Waals surface area contributed by atoms with E-state index in [4.69, 9.17) is 4.74 Å². The van der Waals surface area contributed by atoms with Gasteiger partial charge in [0.25, 0.3) is 0 Å². The monoisotopic (exact) mass is 396 g/mol. The molecule has 1 aromatic carbocycles. The van der Waals surface area contributed by atoms with Gasteiger partial charge in [-0.25, -0.2) is 4.79 Å². The molecule has 1 rings (SSSR count). The van der Waals surface area contributed by atoms with Gasteiger partial charge in [-0.15, -0.1) is 0 Å². The normalized spacial score (nSPS) is 14.0. The molecule has 6 nitrogen and oxygen atoms in total. The Morgan fingerprint density at radius 2 is 1.88 bits per heavy atom. The first-order valence-electron chi connectivity index (χ1n) is 7.65. The summed E-state index contributed by atoms with van der Waals surface area (Å²) < 4.78 is 69.0. The number of alkyl halides is 3. The van der Waals surface area contributed by atoms with E-state index in [1.165, 1.54) is 18.2 Å². The quantitative estimate of drug-likeness (QED) is 0.408. The summed E-state index contributed by atoms with van der Waals surface area (Å²) in [6.45, 7) is 5.11. The number of hydrogen-bond acceptors (Lipinski definition) is 5. The van der Waals surface area contributed by atoms with E-state index < -0.39 is 27.3 Å². The molecule has 0 fully saturated rings. The Morgan fingerprint density at radius 3 is 2.35 bits per heavy atom. The zero-order valence-electron chi connectivity index (χ0n) is 14.3. The van der Waals surface area contributed by atoms with Crippen LogP contribution < -0.4 is 8.92 Å². The minimum atomic E-state index is -5.85. The van der Waals surface area contributed by atoms with Crippen LogP contribution in [-0.4, -0.2) is 31.6 Å². The van der Waals surface area contributed by atoms with Gasteiger partial charge in [0.15, 0.2) is 11.5 Å². The average molecular weight is 396 g/mol. The molecule has 0 radical (unpaired) electrons. The van der Waals surface area contributed by atoms with Crippen molar-refractivity contribution in [1.82, 2.24) is 0 Å². The fraction of sp³-hybridized carbons (Fsp3) is 0.438. The Morgan fingerprint density at radius 1 is 1.27 bits per heavy atom. The van der Waals surface area contributed by atoms with Crippen LogP contribution in [-0.2, 0) is 14.9 Å². The molecule has 1 aromatic rings. The summed E-state index contributed by atoms with van der Waals surface area (Å²) >= 11 is 0. The van der Waals surface area contributed by atoms with Crippen molar-refractivity contribution in [3.63, 3.8) is 0 Å². The molecule has 0 aliphatic carbocycles. The van der Waals surface area contributed by atoms with Crippen LogP contribution in [0.3, 0.4) is 0 Å². The van der Waals surface area contributed by atoms with Crippen LogP contribution in [0.2, 0.25) is 0 Å². The molecule has 10 heteroatoms. The molecule has 0 spiro atoms. The molecule has 1 unspecified atom stereocenters. The lowest BCUT2D eigenvalue weighted by molar-refractivity contribution is -0.133. The van der Waals surface area contributed by atoms with Gasteiger partial charge < -0.3 is 14.0 Å². The molecule has 0 aromatic heterocycles.